The van der Waals surface area contributed by atoms with Crippen LogP contribution in [0.3, 0.4) is 0 Å². The molecule has 2 aliphatic heterocycles. The standard InChI is InChI=1S/C16H18BrNO4/c1-21-14(19)16(15(20)22-2)8-11-7-12(17)6-10-4-3-5-18(9-16)13(10)11/h6-7H,3-5,8-9H2,1-2H3. The van der Waals surface area contributed by atoms with Gasteiger partial charge in [-0.3, -0.25) is 9.59 Å². The van der Waals surface area contributed by atoms with Crippen LogP contribution in [0.2, 0.25) is 0 Å². The molecule has 2 aliphatic rings. The number of rotatable bonds is 2. The number of benzene rings is 1. The lowest BCUT2D eigenvalue weighted by Crippen LogP contribution is -2.55. The molecule has 1 aromatic rings. The number of carbonyl (C=O) groups excluding carboxylic acids is 2. The van der Waals surface area contributed by atoms with Crippen LogP contribution >= 0.6 is 15.9 Å². The van der Waals surface area contributed by atoms with Gasteiger partial charge in [-0.05, 0) is 36.1 Å². The highest BCUT2D eigenvalue weighted by Crippen LogP contribution is 2.43. The number of hydrogen-bond donors (Lipinski definition) is 0. The molecule has 5 nitrogen and oxygen atoms in total. The van der Waals surface area contributed by atoms with Gasteiger partial charge in [0.15, 0.2) is 5.41 Å². The fourth-order valence-corrected chi connectivity index (χ4v) is 4.19. The predicted molar refractivity (Wildman–Crippen MR) is 84.8 cm³/mol. The summed E-state index contributed by atoms with van der Waals surface area (Å²) in [6.07, 6.45) is 2.33. The summed E-state index contributed by atoms with van der Waals surface area (Å²) in [4.78, 5) is 26.9. The van der Waals surface area contributed by atoms with E-state index >= 15 is 0 Å². The van der Waals surface area contributed by atoms with Gasteiger partial charge in [0, 0.05) is 29.7 Å². The van der Waals surface area contributed by atoms with Crippen LogP contribution in [0.4, 0.5) is 5.69 Å². The smallest absolute Gasteiger partial charge is 0.325 e. The Kier molecular flexibility index (Phi) is 3.89. The molecule has 3 rings (SSSR count). The van der Waals surface area contributed by atoms with Gasteiger partial charge in [-0.25, -0.2) is 0 Å². The zero-order valence-electron chi connectivity index (χ0n) is 12.6. The molecule has 0 spiro atoms. The number of ether oxygens (including phenoxy) is 2. The highest BCUT2D eigenvalue weighted by Gasteiger charge is 2.53. The number of carbonyl (C=O) groups is 2. The molecule has 0 N–H and O–H groups in total. The van der Waals surface area contributed by atoms with Gasteiger partial charge in [-0.15, -0.1) is 0 Å². The van der Waals surface area contributed by atoms with Crippen molar-refractivity contribution in [3.8, 4) is 0 Å². The SMILES string of the molecule is COC(=O)C1(C(=O)OC)Cc2cc(Br)cc3c2N(CCC3)C1. The number of anilines is 1. The molecule has 0 unspecified atom stereocenters. The molecule has 0 amide bonds. The molecule has 6 heteroatoms. The Morgan fingerprint density at radius 2 is 1.82 bits per heavy atom. The van der Waals surface area contributed by atoms with E-state index in [2.05, 4.69) is 26.9 Å². The van der Waals surface area contributed by atoms with Crippen LogP contribution < -0.4 is 4.90 Å². The highest BCUT2D eigenvalue weighted by molar-refractivity contribution is 9.10. The molecule has 0 bridgehead atoms. The van der Waals surface area contributed by atoms with Crippen LogP contribution in [0.15, 0.2) is 16.6 Å². The van der Waals surface area contributed by atoms with E-state index in [1.54, 1.807) is 0 Å². The third kappa shape index (κ3) is 2.20. The summed E-state index contributed by atoms with van der Waals surface area (Å²) in [5.74, 6) is -1.06. The van der Waals surface area contributed by atoms with Crippen molar-refractivity contribution in [2.75, 3.05) is 32.2 Å². The van der Waals surface area contributed by atoms with Crippen molar-refractivity contribution >= 4 is 33.6 Å². The molecule has 118 valence electrons. The van der Waals surface area contributed by atoms with Crippen LogP contribution in [-0.2, 0) is 31.9 Å². The van der Waals surface area contributed by atoms with Crippen molar-refractivity contribution < 1.29 is 19.1 Å². The van der Waals surface area contributed by atoms with E-state index in [9.17, 15) is 9.59 Å². The Bertz CT molecular complexity index is 627. The monoisotopic (exact) mass is 367 g/mol. The summed E-state index contributed by atoms with van der Waals surface area (Å²) in [7, 11) is 2.62. The van der Waals surface area contributed by atoms with E-state index in [1.165, 1.54) is 19.8 Å². The highest BCUT2D eigenvalue weighted by atomic mass is 79.9. The number of aryl methyl sites for hydroxylation is 1. The molecule has 2 heterocycles. The molecule has 0 atom stereocenters. The van der Waals surface area contributed by atoms with Crippen LogP contribution in [0.25, 0.3) is 0 Å². The molecule has 0 saturated carbocycles. The topological polar surface area (TPSA) is 55.8 Å². The Morgan fingerprint density at radius 1 is 1.18 bits per heavy atom. The fourth-order valence-electron chi connectivity index (χ4n) is 3.63. The third-order valence-electron chi connectivity index (χ3n) is 4.53. The van der Waals surface area contributed by atoms with Crippen LogP contribution in [0, 0.1) is 5.41 Å². The molecule has 0 saturated heterocycles. The van der Waals surface area contributed by atoms with E-state index in [4.69, 9.17) is 9.47 Å². The summed E-state index contributed by atoms with van der Waals surface area (Å²) in [6.45, 7) is 1.14. The van der Waals surface area contributed by atoms with Crippen molar-refractivity contribution in [2.45, 2.75) is 19.3 Å². The fraction of sp³-hybridized carbons (Fsp3) is 0.500. The first-order chi connectivity index (χ1) is 10.5. The second-order valence-electron chi connectivity index (χ2n) is 5.84. The van der Waals surface area contributed by atoms with Crippen molar-refractivity contribution in [1.82, 2.24) is 0 Å². The zero-order chi connectivity index (χ0) is 15.9. The first-order valence-corrected chi connectivity index (χ1v) is 8.04. The molecule has 22 heavy (non-hydrogen) atoms. The van der Waals surface area contributed by atoms with Gasteiger partial charge in [-0.1, -0.05) is 15.9 Å². The zero-order valence-corrected chi connectivity index (χ0v) is 14.2. The van der Waals surface area contributed by atoms with Crippen molar-refractivity contribution in [1.29, 1.82) is 0 Å². The normalized spacial score (nSPS) is 18.4. The minimum Gasteiger partial charge on any atom is -0.468 e. The average molecular weight is 368 g/mol. The average Bonchev–Trinajstić information content (AvgIpc) is 2.52. The molecule has 0 aromatic heterocycles. The molecule has 1 aromatic carbocycles. The van der Waals surface area contributed by atoms with E-state index in [-0.39, 0.29) is 0 Å². The van der Waals surface area contributed by atoms with Crippen LogP contribution in [0.5, 0.6) is 0 Å². The summed E-state index contributed by atoms with van der Waals surface area (Å²) in [5, 5.41) is 0. The lowest BCUT2D eigenvalue weighted by molar-refractivity contribution is -0.168. The Balaban J connectivity index is 2.14. The van der Waals surface area contributed by atoms with Gasteiger partial charge in [0.1, 0.15) is 0 Å². The van der Waals surface area contributed by atoms with Crippen LogP contribution in [0.1, 0.15) is 17.5 Å². The number of methoxy groups -OCH3 is 2. The van der Waals surface area contributed by atoms with Crippen LogP contribution in [-0.4, -0.2) is 39.2 Å². The van der Waals surface area contributed by atoms with E-state index in [0.29, 0.717) is 13.0 Å². The maximum Gasteiger partial charge on any atom is 0.325 e. The second-order valence-corrected chi connectivity index (χ2v) is 6.76. The quantitative estimate of drug-likeness (QED) is 0.591. The number of esters is 2. The molecule has 0 fully saturated rings. The first kappa shape index (κ1) is 15.3. The third-order valence-corrected chi connectivity index (χ3v) is 4.99. The minimum absolute atomic E-state index is 0.310. The van der Waals surface area contributed by atoms with Crippen molar-refractivity contribution in [3.63, 3.8) is 0 Å². The Labute approximate surface area is 137 Å². The summed E-state index contributed by atoms with van der Waals surface area (Å²) >= 11 is 3.52. The number of halogens is 1. The van der Waals surface area contributed by atoms with E-state index in [1.807, 2.05) is 6.07 Å². The van der Waals surface area contributed by atoms with Crippen molar-refractivity contribution in [3.05, 3.63) is 27.7 Å². The van der Waals surface area contributed by atoms with Gasteiger partial charge < -0.3 is 14.4 Å². The Morgan fingerprint density at radius 3 is 2.45 bits per heavy atom. The molecule has 0 radical (unpaired) electrons. The minimum atomic E-state index is -1.29. The summed E-state index contributed by atoms with van der Waals surface area (Å²) < 4.78 is 10.8. The van der Waals surface area contributed by atoms with E-state index in [0.717, 1.165) is 35.1 Å². The molecular weight excluding hydrogens is 350 g/mol. The second kappa shape index (κ2) is 5.57. The largest absolute Gasteiger partial charge is 0.468 e. The maximum absolute atomic E-state index is 12.4. The predicted octanol–water partition coefficient (Wildman–Crippen LogP) is 2.09. The van der Waals surface area contributed by atoms with Gasteiger partial charge in [0.25, 0.3) is 0 Å². The molecule has 0 aliphatic carbocycles. The number of hydrogen-bond acceptors (Lipinski definition) is 5. The van der Waals surface area contributed by atoms with E-state index < -0.39 is 17.4 Å². The first-order valence-electron chi connectivity index (χ1n) is 7.25. The maximum atomic E-state index is 12.4. The summed E-state index contributed by atoms with van der Waals surface area (Å²) in [5.41, 5.74) is 2.13. The van der Waals surface area contributed by atoms with Gasteiger partial charge in [0.2, 0.25) is 0 Å². The lowest BCUT2D eigenvalue weighted by atomic mass is 9.75. The lowest BCUT2D eigenvalue weighted by Gasteiger charge is -2.44. The Hall–Kier alpha value is -1.56. The number of nitrogens with zero attached hydrogens (tertiary/aromatic N) is 1. The van der Waals surface area contributed by atoms with Gasteiger partial charge in [0.05, 0.1) is 14.2 Å². The van der Waals surface area contributed by atoms with Crippen molar-refractivity contribution in [2.24, 2.45) is 5.41 Å². The summed E-state index contributed by atoms with van der Waals surface area (Å²) in [6, 6.07) is 4.10. The van der Waals surface area contributed by atoms with Gasteiger partial charge in [-0.2, -0.15) is 0 Å². The molecular formula is C16H18BrNO4. The van der Waals surface area contributed by atoms with Gasteiger partial charge >= 0.3 is 11.9 Å².